The Morgan fingerprint density at radius 2 is 1.48 bits per heavy atom. The van der Waals surface area contributed by atoms with Crippen molar-refractivity contribution < 1.29 is 8.78 Å². The molecule has 0 aromatic heterocycles. The van der Waals surface area contributed by atoms with E-state index in [0.29, 0.717) is 12.0 Å². The first kappa shape index (κ1) is 16.7. The van der Waals surface area contributed by atoms with Crippen LogP contribution in [0.25, 0.3) is 0 Å². The van der Waals surface area contributed by atoms with E-state index in [2.05, 4.69) is 10.2 Å². The fourth-order valence-electron chi connectivity index (χ4n) is 4.48. The van der Waals surface area contributed by atoms with Crippen LogP contribution in [0.3, 0.4) is 0 Å². The third-order valence-electron chi connectivity index (χ3n) is 5.74. The van der Waals surface area contributed by atoms with Gasteiger partial charge in [0.05, 0.1) is 0 Å². The molecule has 2 nitrogen and oxygen atoms in total. The van der Waals surface area contributed by atoms with E-state index < -0.39 is 0 Å². The maximum Gasteiger partial charge on any atom is 0.123 e. The molecule has 2 aromatic carbocycles. The van der Waals surface area contributed by atoms with Gasteiger partial charge in [0, 0.05) is 38.1 Å². The normalized spacial score (nSPS) is 24.3. The second kappa shape index (κ2) is 7.22. The molecular weight excluding hydrogens is 318 g/mol. The molecule has 4 heteroatoms. The zero-order valence-corrected chi connectivity index (χ0v) is 14.3. The Morgan fingerprint density at radius 3 is 2.08 bits per heavy atom. The Labute approximate surface area is 147 Å². The van der Waals surface area contributed by atoms with Crippen LogP contribution in [0.2, 0.25) is 0 Å². The Morgan fingerprint density at radius 1 is 0.880 bits per heavy atom. The molecule has 0 aliphatic carbocycles. The van der Waals surface area contributed by atoms with E-state index in [1.54, 1.807) is 0 Å². The summed E-state index contributed by atoms with van der Waals surface area (Å²) in [6.07, 6.45) is 2.32. The van der Waals surface area contributed by atoms with Crippen LogP contribution in [0.15, 0.2) is 48.5 Å². The first-order valence-corrected chi connectivity index (χ1v) is 9.16. The van der Waals surface area contributed by atoms with Crippen molar-refractivity contribution in [2.45, 2.75) is 24.8 Å². The summed E-state index contributed by atoms with van der Waals surface area (Å²) in [4.78, 5) is 2.59. The van der Waals surface area contributed by atoms with Crippen LogP contribution in [0.5, 0.6) is 0 Å². The van der Waals surface area contributed by atoms with E-state index in [-0.39, 0.29) is 17.6 Å². The summed E-state index contributed by atoms with van der Waals surface area (Å²) in [7, 11) is 0. The van der Waals surface area contributed by atoms with Crippen molar-refractivity contribution in [3.63, 3.8) is 0 Å². The minimum absolute atomic E-state index is 0.178. The van der Waals surface area contributed by atoms with Gasteiger partial charge in [-0.2, -0.15) is 0 Å². The Balaban J connectivity index is 1.65. The predicted octanol–water partition coefficient (Wildman–Crippen LogP) is 3.78. The number of fused-ring (bicyclic) bond motifs is 1. The maximum atomic E-state index is 13.4. The van der Waals surface area contributed by atoms with Gasteiger partial charge in [-0.25, -0.2) is 8.78 Å². The van der Waals surface area contributed by atoms with Gasteiger partial charge in [-0.1, -0.05) is 24.3 Å². The summed E-state index contributed by atoms with van der Waals surface area (Å²) in [5.74, 6) is 0.210. The van der Waals surface area contributed by atoms with E-state index in [1.165, 1.54) is 30.7 Å². The number of benzene rings is 2. The molecule has 2 aromatic rings. The summed E-state index contributed by atoms with van der Waals surface area (Å²) in [5.41, 5.74) is 2.23. The highest BCUT2D eigenvalue weighted by Crippen LogP contribution is 2.38. The molecule has 0 spiro atoms. The number of hydrogen-bond donors (Lipinski definition) is 1. The maximum absolute atomic E-state index is 13.4. The number of rotatable bonds is 3. The first-order valence-electron chi connectivity index (χ1n) is 9.16. The number of piperazine rings is 1. The average molecular weight is 342 g/mol. The molecule has 2 aliphatic rings. The standard InChI is InChI=1S/C21H24F2N2/c22-18-6-1-15(2-7-18)21(16-3-8-19(23)9-4-16)17-5-10-20-13-24-11-12-25(20)14-17/h1-4,6-9,17,20-21,24H,5,10-14H2/t17-,20-/m0/s1. The van der Waals surface area contributed by atoms with Crippen molar-refractivity contribution >= 4 is 0 Å². The van der Waals surface area contributed by atoms with Gasteiger partial charge in [0.15, 0.2) is 0 Å². The van der Waals surface area contributed by atoms with Crippen molar-refractivity contribution in [3.8, 4) is 0 Å². The van der Waals surface area contributed by atoms with Crippen LogP contribution in [0.1, 0.15) is 29.9 Å². The number of nitrogens with zero attached hydrogens (tertiary/aromatic N) is 1. The van der Waals surface area contributed by atoms with E-state index >= 15 is 0 Å². The molecule has 0 amide bonds. The first-order chi connectivity index (χ1) is 12.2. The van der Waals surface area contributed by atoms with Crippen LogP contribution >= 0.6 is 0 Å². The second-order valence-corrected chi connectivity index (χ2v) is 7.27. The van der Waals surface area contributed by atoms with E-state index in [9.17, 15) is 8.78 Å². The fourth-order valence-corrected chi connectivity index (χ4v) is 4.48. The Bertz CT molecular complexity index is 653. The molecule has 2 atom stereocenters. The third-order valence-corrected chi connectivity index (χ3v) is 5.74. The van der Waals surface area contributed by atoms with Gasteiger partial charge in [-0.05, 0) is 54.2 Å². The Hall–Kier alpha value is -1.78. The summed E-state index contributed by atoms with van der Waals surface area (Å²) >= 11 is 0. The van der Waals surface area contributed by atoms with Crippen molar-refractivity contribution in [1.29, 1.82) is 0 Å². The van der Waals surface area contributed by atoms with Crippen molar-refractivity contribution in [2.24, 2.45) is 5.92 Å². The summed E-state index contributed by atoms with van der Waals surface area (Å²) in [6, 6.07) is 14.3. The SMILES string of the molecule is Fc1ccc(C(c2ccc(F)cc2)[C@H]2CC[C@H]3CNCCN3C2)cc1. The molecule has 25 heavy (non-hydrogen) atoms. The molecule has 0 saturated carbocycles. The number of halogens is 2. The molecule has 2 aliphatic heterocycles. The minimum atomic E-state index is -0.215. The molecule has 132 valence electrons. The Kier molecular flexibility index (Phi) is 4.82. The summed E-state index contributed by atoms with van der Waals surface area (Å²) in [5, 5.41) is 3.48. The number of hydrogen-bond acceptors (Lipinski definition) is 2. The summed E-state index contributed by atoms with van der Waals surface area (Å²) in [6.45, 7) is 4.25. The molecule has 2 saturated heterocycles. The van der Waals surface area contributed by atoms with Gasteiger partial charge in [-0.15, -0.1) is 0 Å². The van der Waals surface area contributed by atoms with E-state index in [0.717, 1.165) is 43.7 Å². The topological polar surface area (TPSA) is 15.3 Å². The molecule has 2 fully saturated rings. The lowest BCUT2D eigenvalue weighted by Crippen LogP contribution is -2.55. The monoisotopic (exact) mass is 342 g/mol. The van der Waals surface area contributed by atoms with Gasteiger partial charge in [0.25, 0.3) is 0 Å². The third kappa shape index (κ3) is 3.60. The van der Waals surface area contributed by atoms with Crippen molar-refractivity contribution in [2.75, 3.05) is 26.2 Å². The lowest BCUT2D eigenvalue weighted by Gasteiger charge is -2.45. The zero-order valence-electron chi connectivity index (χ0n) is 14.3. The van der Waals surface area contributed by atoms with Crippen LogP contribution in [0.4, 0.5) is 8.78 Å². The van der Waals surface area contributed by atoms with Gasteiger partial charge >= 0.3 is 0 Å². The number of nitrogens with one attached hydrogen (secondary N) is 1. The predicted molar refractivity (Wildman–Crippen MR) is 95.6 cm³/mol. The highest BCUT2D eigenvalue weighted by atomic mass is 19.1. The quantitative estimate of drug-likeness (QED) is 0.913. The van der Waals surface area contributed by atoms with Crippen molar-refractivity contribution in [3.05, 3.63) is 71.3 Å². The molecule has 0 radical (unpaired) electrons. The van der Waals surface area contributed by atoms with Gasteiger partial charge in [0.2, 0.25) is 0 Å². The average Bonchev–Trinajstić information content (AvgIpc) is 2.65. The number of piperidine rings is 1. The van der Waals surface area contributed by atoms with Crippen LogP contribution in [0, 0.1) is 17.6 Å². The minimum Gasteiger partial charge on any atom is -0.314 e. The second-order valence-electron chi connectivity index (χ2n) is 7.27. The molecular formula is C21H24F2N2. The van der Waals surface area contributed by atoms with Crippen LogP contribution < -0.4 is 5.32 Å². The molecule has 1 N–H and O–H groups in total. The molecule has 4 rings (SSSR count). The summed E-state index contributed by atoms with van der Waals surface area (Å²) < 4.78 is 26.8. The van der Waals surface area contributed by atoms with Crippen LogP contribution in [-0.2, 0) is 0 Å². The largest absolute Gasteiger partial charge is 0.314 e. The van der Waals surface area contributed by atoms with E-state index in [4.69, 9.17) is 0 Å². The fraction of sp³-hybridized carbons (Fsp3) is 0.429. The van der Waals surface area contributed by atoms with Gasteiger partial charge in [-0.3, -0.25) is 4.90 Å². The highest BCUT2D eigenvalue weighted by molar-refractivity contribution is 5.34. The smallest absolute Gasteiger partial charge is 0.123 e. The van der Waals surface area contributed by atoms with E-state index in [1.807, 2.05) is 24.3 Å². The van der Waals surface area contributed by atoms with Gasteiger partial charge in [0.1, 0.15) is 11.6 Å². The molecule has 2 heterocycles. The zero-order chi connectivity index (χ0) is 17.2. The van der Waals surface area contributed by atoms with Crippen LogP contribution in [-0.4, -0.2) is 37.1 Å². The van der Waals surface area contributed by atoms with Gasteiger partial charge < -0.3 is 5.32 Å². The molecule has 0 bridgehead atoms. The lowest BCUT2D eigenvalue weighted by atomic mass is 9.75. The highest BCUT2D eigenvalue weighted by Gasteiger charge is 2.35. The molecule has 0 unspecified atom stereocenters. The lowest BCUT2D eigenvalue weighted by molar-refractivity contribution is 0.0797. The van der Waals surface area contributed by atoms with Crippen molar-refractivity contribution in [1.82, 2.24) is 10.2 Å².